The summed E-state index contributed by atoms with van der Waals surface area (Å²) < 4.78 is 1.92. The van der Waals surface area contributed by atoms with Gasteiger partial charge in [-0.2, -0.15) is 16.9 Å². The average Bonchev–Trinajstić information content (AvgIpc) is 2.91. The van der Waals surface area contributed by atoms with E-state index in [-0.39, 0.29) is 18.4 Å². The average molecular weight is 373 g/mol. The molecule has 0 spiro atoms. The third-order valence-electron chi connectivity index (χ3n) is 4.51. The predicted molar refractivity (Wildman–Crippen MR) is 102 cm³/mol. The molecular formula is C19H23N3O3S. The topological polar surface area (TPSA) is 75.4 Å². The summed E-state index contributed by atoms with van der Waals surface area (Å²) in [6, 6.07) is 9.31. The van der Waals surface area contributed by atoms with Crippen LogP contribution in [0, 0.1) is 13.8 Å². The highest BCUT2D eigenvalue weighted by atomic mass is 32.2. The van der Waals surface area contributed by atoms with Gasteiger partial charge in [0.1, 0.15) is 0 Å². The van der Waals surface area contributed by atoms with Gasteiger partial charge in [-0.25, -0.2) is 0 Å². The summed E-state index contributed by atoms with van der Waals surface area (Å²) in [6.45, 7) is 5.16. The molecule has 26 heavy (non-hydrogen) atoms. The van der Waals surface area contributed by atoms with Gasteiger partial charge in [0, 0.05) is 29.3 Å². The number of carbonyl (C=O) groups excluding carboxylic acids is 1. The molecule has 1 aromatic carbocycles. The van der Waals surface area contributed by atoms with E-state index in [2.05, 4.69) is 5.10 Å². The van der Waals surface area contributed by atoms with Crippen LogP contribution in [-0.4, -0.2) is 55.8 Å². The molecule has 1 saturated heterocycles. The molecule has 1 aliphatic heterocycles. The first-order valence-electron chi connectivity index (χ1n) is 8.64. The van der Waals surface area contributed by atoms with Crippen molar-refractivity contribution in [2.45, 2.75) is 32.9 Å². The normalized spacial score (nSPS) is 17.3. The molecule has 1 aliphatic rings. The van der Waals surface area contributed by atoms with Crippen molar-refractivity contribution in [3.05, 3.63) is 52.8 Å². The van der Waals surface area contributed by atoms with Crippen LogP contribution < -0.4 is 0 Å². The third kappa shape index (κ3) is 4.27. The first-order chi connectivity index (χ1) is 12.4. The van der Waals surface area contributed by atoms with Gasteiger partial charge in [0.15, 0.2) is 0 Å². The molecule has 1 amide bonds. The Bertz CT molecular complexity index is 818. The molecule has 0 aliphatic carbocycles. The monoisotopic (exact) mass is 373 g/mol. The van der Waals surface area contributed by atoms with E-state index in [0.717, 1.165) is 22.7 Å². The van der Waals surface area contributed by atoms with Crippen molar-refractivity contribution >= 4 is 23.6 Å². The van der Waals surface area contributed by atoms with E-state index in [1.807, 2.05) is 42.8 Å². The number of hydrogen-bond acceptors (Lipinski definition) is 4. The number of amides is 1. The predicted octanol–water partition coefficient (Wildman–Crippen LogP) is 2.58. The number of rotatable bonds is 5. The number of aromatic nitrogens is 2. The highest BCUT2D eigenvalue weighted by Gasteiger charge is 2.29. The van der Waals surface area contributed by atoms with Gasteiger partial charge in [0.05, 0.1) is 24.7 Å². The fourth-order valence-electron chi connectivity index (χ4n) is 3.27. The Labute approximate surface area is 157 Å². The highest BCUT2D eigenvalue weighted by molar-refractivity contribution is 7.99. The zero-order valence-corrected chi connectivity index (χ0v) is 15.8. The Morgan fingerprint density at radius 3 is 2.81 bits per heavy atom. The molecule has 7 heteroatoms. The number of carboxylic acid groups (broad SMARTS) is 1. The molecule has 2 aromatic rings. The second kappa shape index (κ2) is 7.95. The van der Waals surface area contributed by atoms with E-state index in [1.165, 1.54) is 0 Å². The molecule has 0 bridgehead atoms. The number of carbonyl (C=O) groups is 2. The maximum atomic E-state index is 13.0. The zero-order valence-electron chi connectivity index (χ0n) is 15.0. The first-order valence-corrected chi connectivity index (χ1v) is 9.80. The fraction of sp³-hybridized carbons (Fsp3) is 0.421. The molecule has 1 fully saturated rings. The van der Waals surface area contributed by atoms with E-state index in [4.69, 9.17) is 5.11 Å². The van der Waals surface area contributed by atoms with Crippen LogP contribution >= 0.6 is 11.8 Å². The van der Waals surface area contributed by atoms with Crippen molar-refractivity contribution < 1.29 is 14.7 Å². The van der Waals surface area contributed by atoms with Crippen LogP contribution in [0.5, 0.6) is 0 Å². The van der Waals surface area contributed by atoms with E-state index in [1.54, 1.807) is 22.7 Å². The SMILES string of the molecule is Cc1cc(C)n(Cc2cccc(C(=O)N3CCSCC3CC(=O)O)c2)n1. The lowest BCUT2D eigenvalue weighted by Crippen LogP contribution is -2.47. The minimum atomic E-state index is -0.867. The van der Waals surface area contributed by atoms with Crippen LogP contribution in [0.3, 0.4) is 0 Å². The van der Waals surface area contributed by atoms with E-state index in [9.17, 15) is 9.59 Å². The first kappa shape index (κ1) is 18.5. The van der Waals surface area contributed by atoms with E-state index < -0.39 is 5.97 Å². The largest absolute Gasteiger partial charge is 0.481 e. The van der Waals surface area contributed by atoms with Gasteiger partial charge >= 0.3 is 5.97 Å². The van der Waals surface area contributed by atoms with Gasteiger partial charge in [0.2, 0.25) is 0 Å². The quantitative estimate of drug-likeness (QED) is 0.872. The summed E-state index contributed by atoms with van der Waals surface area (Å²) in [4.78, 5) is 25.8. The Morgan fingerprint density at radius 1 is 1.31 bits per heavy atom. The van der Waals surface area contributed by atoms with Crippen molar-refractivity contribution in [2.24, 2.45) is 0 Å². The maximum Gasteiger partial charge on any atom is 0.305 e. The van der Waals surface area contributed by atoms with E-state index in [0.29, 0.717) is 24.4 Å². The van der Waals surface area contributed by atoms with Gasteiger partial charge < -0.3 is 10.0 Å². The number of aliphatic carboxylic acids is 1. The van der Waals surface area contributed by atoms with Crippen molar-refractivity contribution in [1.29, 1.82) is 0 Å². The summed E-state index contributed by atoms with van der Waals surface area (Å²) in [7, 11) is 0. The van der Waals surface area contributed by atoms with Crippen LogP contribution in [0.1, 0.15) is 33.7 Å². The van der Waals surface area contributed by atoms with Crippen LogP contribution in [0.15, 0.2) is 30.3 Å². The maximum absolute atomic E-state index is 13.0. The Kier molecular flexibility index (Phi) is 5.66. The number of aryl methyl sites for hydroxylation is 2. The van der Waals surface area contributed by atoms with Crippen LogP contribution in [0.25, 0.3) is 0 Å². The lowest BCUT2D eigenvalue weighted by Gasteiger charge is -2.34. The molecular weight excluding hydrogens is 350 g/mol. The molecule has 1 atom stereocenters. The molecule has 138 valence electrons. The van der Waals surface area contributed by atoms with E-state index >= 15 is 0 Å². The van der Waals surface area contributed by atoms with Gasteiger partial charge in [-0.05, 0) is 37.6 Å². The second-order valence-corrected chi connectivity index (χ2v) is 7.76. The fourth-order valence-corrected chi connectivity index (χ4v) is 4.33. The van der Waals surface area contributed by atoms with Crippen molar-refractivity contribution in [3.63, 3.8) is 0 Å². The number of carboxylic acids is 1. The molecule has 0 radical (unpaired) electrons. The number of hydrogen-bond donors (Lipinski definition) is 1. The third-order valence-corrected chi connectivity index (χ3v) is 5.60. The Balaban J connectivity index is 1.79. The molecule has 6 nitrogen and oxygen atoms in total. The number of benzene rings is 1. The lowest BCUT2D eigenvalue weighted by atomic mass is 10.1. The molecule has 1 unspecified atom stereocenters. The number of nitrogens with zero attached hydrogens (tertiary/aromatic N) is 3. The van der Waals surface area contributed by atoms with Crippen molar-refractivity contribution in [1.82, 2.24) is 14.7 Å². The summed E-state index contributed by atoms with van der Waals surface area (Å²) in [5, 5.41) is 13.6. The minimum absolute atomic E-state index is 0.00973. The standard InChI is InChI=1S/C19H23N3O3S/c1-13-8-14(2)22(20-13)11-15-4-3-5-16(9-15)19(25)21-6-7-26-12-17(21)10-18(23)24/h3-5,8-9,17H,6-7,10-12H2,1-2H3,(H,23,24). The summed E-state index contributed by atoms with van der Waals surface area (Å²) in [5.74, 6) is 0.553. The molecule has 3 rings (SSSR count). The number of thioether (sulfide) groups is 1. The van der Waals surface area contributed by atoms with Gasteiger partial charge in [-0.3, -0.25) is 14.3 Å². The Hall–Kier alpha value is -2.28. The van der Waals surface area contributed by atoms with Crippen LogP contribution in [-0.2, 0) is 11.3 Å². The minimum Gasteiger partial charge on any atom is -0.481 e. The van der Waals surface area contributed by atoms with Gasteiger partial charge in [0.25, 0.3) is 5.91 Å². The van der Waals surface area contributed by atoms with Gasteiger partial charge in [-0.15, -0.1) is 0 Å². The molecule has 0 saturated carbocycles. The van der Waals surface area contributed by atoms with Crippen molar-refractivity contribution in [2.75, 3.05) is 18.1 Å². The Morgan fingerprint density at radius 2 is 2.12 bits per heavy atom. The zero-order chi connectivity index (χ0) is 18.7. The van der Waals surface area contributed by atoms with Crippen LogP contribution in [0.2, 0.25) is 0 Å². The summed E-state index contributed by atoms with van der Waals surface area (Å²) >= 11 is 1.70. The van der Waals surface area contributed by atoms with Crippen LogP contribution in [0.4, 0.5) is 0 Å². The summed E-state index contributed by atoms with van der Waals surface area (Å²) in [5.41, 5.74) is 3.65. The molecule has 2 heterocycles. The smallest absolute Gasteiger partial charge is 0.305 e. The summed E-state index contributed by atoms with van der Waals surface area (Å²) in [6.07, 6.45) is -0.00973. The lowest BCUT2D eigenvalue weighted by molar-refractivity contribution is -0.138. The molecule has 1 aromatic heterocycles. The highest BCUT2D eigenvalue weighted by Crippen LogP contribution is 2.22. The second-order valence-electron chi connectivity index (χ2n) is 6.61. The van der Waals surface area contributed by atoms with Crippen molar-refractivity contribution in [3.8, 4) is 0 Å². The van der Waals surface area contributed by atoms with Gasteiger partial charge in [-0.1, -0.05) is 12.1 Å². The molecule has 1 N–H and O–H groups in total.